The molecule has 0 amide bonds. The highest BCUT2D eigenvalue weighted by atomic mass is 16.5. The Hall–Kier alpha value is -2.55. The molecule has 2 aromatic rings. The molecule has 0 unspecified atom stereocenters. The van der Waals surface area contributed by atoms with Gasteiger partial charge >= 0.3 is 0 Å². The quantitative estimate of drug-likeness (QED) is 0.878. The summed E-state index contributed by atoms with van der Waals surface area (Å²) in [5, 5.41) is 3.44. The van der Waals surface area contributed by atoms with Crippen LogP contribution >= 0.6 is 0 Å². The third kappa shape index (κ3) is 4.25. The van der Waals surface area contributed by atoms with Crippen molar-refractivity contribution in [2.45, 2.75) is 25.2 Å². The van der Waals surface area contributed by atoms with Crippen LogP contribution in [0, 0.1) is 0 Å². The first-order chi connectivity index (χ1) is 11.7. The van der Waals surface area contributed by atoms with Crippen LogP contribution < -0.4 is 10.1 Å². The molecule has 0 saturated heterocycles. The van der Waals surface area contributed by atoms with Gasteiger partial charge in [0.2, 0.25) is 0 Å². The minimum Gasteiger partial charge on any atom is -0.497 e. The van der Waals surface area contributed by atoms with Gasteiger partial charge in [-0.3, -0.25) is 4.79 Å². The molecule has 0 spiro atoms. The number of ketones is 1. The second-order valence-corrected chi connectivity index (χ2v) is 6.18. The van der Waals surface area contributed by atoms with Crippen molar-refractivity contribution in [3.05, 3.63) is 77.5 Å². The van der Waals surface area contributed by atoms with E-state index >= 15 is 0 Å². The molecule has 0 radical (unpaired) electrons. The third-order valence-corrected chi connectivity index (χ3v) is 4.44. The lowest BCUT2D eigenvalue weighted by Crippen LogP contribution is -2.23. The van der Waals surface area contributed by atoms with E-state index in [1.54, 1.807) is 13.2 Å². The maximum Gasteiger partial charge on any atom is 0.158 e. The van der Waals surface area contributed by atoms with Crippen LogP contribution in [0.5, 0.6) is 5.75 Å². The minimum atomic E-state index is 0.198. The van der Waals surface area contributed by atoms with Gasteiger partial charge in [0.25, 0.3) is 0 Å². The van der Waals surface area contributed by atoms with Crippen molar-refractivity contribution in [3.8, 4) is 5.75 Å². The lowest BCUT2D eigenvalue weighted by atomic mass is 9.85. The number of ether oxygens (including phenoxy) is 1. The van der Waals surface area contributed by atoms with Crippen molar-refractivity contribution < 1.29 is 9.53 Å². The van der Waals surface area contributed by atoms with E-state index in [-0.39, 0.29) is 11.7 Å². The van der Waals surface area contributed by atoms with E-state index in [2.05, 4.69) is 41.7 Å². The number of rotatable bonds is 6. The van der Waals surface area contributed by atoms with Crippen LogP contribution in [0.3, 0.4) is 0 Å². The number of carbonyl (C=O) groups excluding carboxylic acids is 1. The van der Waals surface area contributed by atoms with Crippen molar-refractivity contribution >= 4 is 5.78 Å². The van der Waals surface area contributed by atoms with Crippen molar-refractivity contribution in [1.29, 1.82) is 0 Å². The molecule has 124 valence electrons. The first-order valence-electron chi connectivity index (χ1n) is 8.40. The molecule has 2 aromatic carbocycles. The van der Waals surface area contributed by atoms with E-state index < -0.39 is 0 Å². The summed E-state index contributed by atoms with van der Waals surface area (Å²) < 4.78 is 5.20. The lowest BCUT2D eigenvalue weighted by molar-refractivity contribution is -0.115. The zero-order valence-electron chi connectivity index (χ0n) is 14.0. The molecular formula is C21H23NO2. The fourth-order valence-corrected chi connectivity index (χ4v) is 3.14. The number of nitrogens with one attached hydrogen (secondary N) is 1. The van der Waals surface area contributed by atoms with E-state index in [0.29, 0.717) is 6.42 Å². The summed E-state index contributed by atoms with van der Waals surface area (Å²) in [4.78, 5) is 12.1. The van der Waals surface area contributed by atoms with Crippen LogP contribution in [0.2, 0.25) is 0 Å². The molecule has 0 fully saturated rings. The molecule has 3 rings (SSSR count). The number of benzene rings is 2. The van der Waals surface area contributed by atoms with Gasteiger partial charge in [-0.1, -0.05) is 42.5 Å². The average Bonchev–Trinajstić information content (AvgIpc) is 2.62. The van der Waals surface area contributed by atoms with E-state index in [4.69, 9.17) is 4.74 Å². The summed E-state index contributed by atoms with van der Waals surface area (Å²) >= 11 is 0. The largest absolute Gasteiger partial charge is 0.497 e. The Balaban J connectivity index is 1.59. The number of methoxy groups -OCH3 is 1. The number of hydrogen-bond acceptors (Lipinski definition) is 3. The molecule has 1 atom stereocenters. The molecule has 0 heterocycles. The summed E-state index contributed by atoms with van der Waals surface area (Å²) in [7, 11) is 1.66. The molecule has 3 nitrogen and oxygen atoms in total. The second kappa shape index (κ2) is 7.82. The van der Waals surface area contributed by atoms with E-state index in [0.717, 1.165) is 30.8 Å². The summed E-state index contributed by atoms with van der Waals surface area (Å²) in [6, 6.07) is 18.4. The van der Waals surface area contributed by atoms with Crippen LogP contribution in [0.25, 0.3) is 0 Å². The van der Waals surface area contributed by atoms with Crippen molar-refractivity contribution in [2.24, 2.45) is 0 Å². The van der Waals surface area contributed by atoms with E-state index in [1.807, 2.05) is 18.2 Å². The smallest absolute Gasteiger partial charge is 0.158 e. The maximum absolute atomic E-state index is 12.1. The Bertz CT molecular complexity index is 704. The summed E-state index contributed by atoms with van der Waals surface area (Å²) in [6.07, 6.45) is 4.19. The molecule has 0 aromatic heterocycles. The fraction of sp³-hybridized carbons (Fsp3) is 0.286. The van der Waals surface area contributed by atoms with E-state index in [9.17, 15) is 4.79 Å². The van der Waals surface area contributed by atoms with Gasteiger partial charge in [-0.25, -0.2) is 0 Å². The molecule has 0 aliphatic heterocycles. The molecule has 0 bridgehead atoms. The topological polar surface area (TPSA) is 38.3 Å². The zero-order valence-corrected chi connectivity index (χ0v) is 14.0. The third-order valence-electron chi connectivity index (χ3n) is 4.44. The predicted octanol–water partition coefficient (Wildman–Crippen LogP) is 3.86. The predicted molar refractivity (Wildman–Crippen MR) is 96.2 cm³/mol. The second-order valence-electron chi connectivity index (χ2n) is 6.18. The molecule has 1 aliphatic rings. The van der Waals surface area contributed by atoms with Gasteiger partial charge < -0.3 is 10.1 Å². The highest BCUT2D eigenvalue weighted by Gasteiger charge is 2.22. The van der Waals surface area contributed by atoms with Gasteiger partial charge in [0.1, 0.15) is 5.75 Å². The van der Waals surface area contributed by atoms with Crippen LogP contribution in [-0.4, -0.2) is 19.4 Å². The monoisotopic (exact) mass is 321 g/mol. The highest BCUT2D eigenvalue weighted by molar-refractivity contribution is 5.92. The fourth-order valence-electron chi connectivity index (χ4n) is 3.14. The number of carbonyl (C=O) groups is 1. The summed E-state index contributed by atoms with van der Waals surface area (Å²) in [5.41, 5.74) is 3.54. The van der Waals surface area contributed by atoms with Crippen LogP contribution in [0.1, 0.15) is 29.9 Å². The maximum atomic E-state index is 12.1. The Morgan fingerprint density at radius 1 is 1.04 bits per heavy atom. The van der Waals surface area contributed by atoms with Crippen molar-refractivity contribution in [2.75, 3.05) is 13.7 Å². The van der Waals surface area contributed by atoms with Gasteiger partial charge in [0, 0.05) is 24.7 Å². The molecule has 0 saturated carbocycles. The van der Waals surface area contributed by atoms with Crippen molar-refractivity contribution in [3.63, 3.8) is 0 Å². The Morgan fingerprint density at radius 2 is 1.79 bits per heavy atom. The van der Waals surface area contributed by atoms with Gasteiger partial charge in [-0.15, -0.1) is 0 Å². The van der Waals surface area contributed by atoms with Gasteiger partial charge in [0.15, 0.2) is 5.78 Å². The summed E-state index contributed by atoms with van der Waals surface area (Å²) in [5.74, 6) is 1.29. The number of allylic oxidation sites excluding steroid dienone is 2. The SMILES string of the molecule is COc1ccc([C@@H]2CC(=O)C=C(NCCc3ccccc3)C2)cc1. The Kier molecular flexibility index (Phi) is 5.32. The van der Waals surface area contributed by atoms with Crippen molar-refractivity contribution in [1.82, 2.24) is 5.32 Å². The van der Waals surface area contributed by atoms with Crippen LogP contribution in [0.4, 0.5) is 0 Å². The molecular weight excluding hydrogens is 298 g/mol. The normalized spacial score (nSPS) is 17.3. The first-order valence-corrected chi connectivity index (χ1v) is 8.40. The minimum absolute atomic E-state index is 0.198. The Labute approximate surface area is 143 Å². The van der Waals surface area contributed by atoms with Gasteiger partial charge in [-0.2, -0.15) is 0 Å². The molecule has 1 aliphatic carbocycles. The molecule has 1 N–H and O–H groups in total. The highest BCUT2D eigenvalue weighted by Crippen LogP contribution is 2.31. The zero-order chi connectivity index (χ0) is 16.8. The van der Waals surface area contributed by atoms with Crippen LogP contribution in [-0.2, 0) is 11.2 Å². The molecule has 3 heteroatoms. The van der Waals surface area contributed by atoms with Gasteiger partial charge in [-0.05, 0) is 42.0 Å². The number of hydrogen-bond donors (Lipinski definition) is 1. The average molecular weight is 321 g/mol. The molecule has 24 heavy (non-hydrogen) atoms. The Morgan fingerprint density at radius 3 is 2.50 bits per heavy atom. The first kappa shape index (κ1) is 16.3. The van der Waals surface area contributed by atoms with E-state index in [1.165, 1.54) is 11.1 Å². The standard InChI is InChI=1S/C21H23NO2/c1-24-21-9-7-17(8-10-21)18-13-19(15-20(23)14-18)22-12-11-16-5-3-2-4-6-16/h2-10,15,18,22H,11-14H2,1H3/t18-/m0/s1. The van der Waals surface area contributed by atoms with Gasteiger partial charge in [0.05, 0.1) is 7.11 Å². The van der Waals surface area contributed by atoms with Crippen LogP contribution in [0.15, 0.2) is 66.4 Å². The lowest BCUT2D eigenvalue weighted by Gasteiger charge is -2.23. The summed E-state index contributed by atoms with van der Waals surface area (Å²) in [6.45, 7) is 0.846.